The maximum Gasteiger partial charge on any atom is 0.303 e. The van der Waals surface area contributed by atoms with Gasteiger partial charge in [-0.15, -0.1) is 0 Å². The topological polar surface area (TPSA) is 37.3 Å². The fourth-order valence-electron chi connectivity index (χ4n) is 0.579. The Morgan fingerprint density at radius 1 is 1.36 bits per heavy atom. The largest absolute Gasteiger partial charge is 0.481 e. The monoisotopic (exact) mass is 194 g/mol. The summed E-state index contributed by atoms with van der Waals surface area (Å²) in [5, 5.41) is 8.30. The third-order valence-electron chi connectivity index (χ3n) is 1.07. The van der Waals surface area contributed by atoms with Gasteiger partial charge in [0.05, 0.1) is 0 Å². The van der Waals surface area contributed by atoms with Crippen LogP contribution in [0, 0.1) is 0 Å². The summed E-state index contributed by atoms with van der Waals surface area (Å²) >= 11 is 0. The molecular weight excluding hydrogens is 180 g/mol. The highest BCUT2D eigenvalue weighted by Gasteiger charge is 1.95. The molecule has 0 aromatic heterocycles. The van der Waals surface area contributed by atoms with E-state index in [1.807, 2.05) is 21.6 Å². The number of rotatable bonds is 7. The predicted octanol–water partition coefficient (Wildman–Crippen LogP) is 2.64. The number of carboxylic acids is 1. The van der Waals surface area contributed by atoms with Crippen molar-refractivity contribution in [1.29, 1.82) is 0 Å². The van der Waals surface area contributed by atoms with Crippen molar-refractivity contribution in [2.45, 2.75) is 26.2 Å². The van der Waals surface area contributed by atoms with E-state index in [4.69, 9.17) is 5.11 Å². The minimum atomic E-state index is -0.682. The Morgan fingerprint density at radius 3 is 2.64 bits per heavy atom. The van der Waals surface area contributed by atoms with Gasteiger partial charge >= 0.3 is 5.97 Å². The molecule has 1 N–H and O–H groups in total. The number of carboxylic acid groups (broad SMARTS) is 1. The highest BCUT2D eigenvalue weighted by atomic mass is 33.1. The highest BCUT2D eigenvalue weighted by molar-refractivity contribution is 8.76. The Labute approximate surface area is 75.5 Å². The van der Waals surface area contributed by atoms with Crippen molar-refractivity contribution in [3.05, 3.63) is 0 Å². The molecule has 0 fully saturated rings. The molecule has 0 spiro atoms. The summed E-state index contributed by atoms with van der Waals surface area (Å²) in [5.74, 6) is 1.52. The number of carbonyl (C=O) groups is 1. The molecule has 0 amide bonds. The molecule has 0 aromatic carbocycles. The molecule has 0 unspecified atom stereocenters. The summed E-state index contributed by atoms with van der Waals surface area (Å²) in [4.78, 5) is 10.1. The zero-order valence-corrected chi connectivity index (χ0v) is 8.34. The van der Waals surface area contributed by atoms with E-state index < -0.39 is 5.97 Å². The van der Waals surface area contributed by atoms with Crippen LogP contribution in [-0.4, -0.2) is 22.6 Å². The standard InChI is InChI=1S/C7H14O2S2/c1-2-10-11-6-4-3-5-7(8)9/h2-6H2,1H3,(H,8,9). The number of unbranched alkanes of at least 4 members (excludes halogenated alkanes) is 1. The van der Waals surface area contributed by atoms with E-state index in [1.165, 1.54) is 0 Å². The van der Waals surface area contributed by atoms with E-state index in [0.717, 1.165) is 24.3 Å². The number of aliphatic carboxylic acids is 1. The average molecular weight is 194 g/mol. The van der Waals surface area contributed by atoms with Gasteiger partial charge in [0.1, 0.15) is 0 Å². The van der Waals surface area contributed by atoms with E-state index in [-0.39, 0.29) is 0 Å². The fourth-order valence-corrected chi connectivity index (χ4v) is 2.39. The second kappa shape index (κ2) is 8.27. The van der Waals surface area contributed by atoms with E-state index >= 15 is 0 Å². The van der Waals surface area contributed by atoms with E-state index in [2.05, 4.69) is 6.92 Å². The van der Waals surface area contributed by atoms with Crippen LogP contribution in [0.2, 0.25) is 0 Å². The van der Waals surface area contributed by atoms with Gasteiger partial charge in [-0.1, -0.05) is 28.5 Å². The normalized spacial score (nSPS) is 9.91. The van der Waals surface area contributed by atoms with Crippen LogP contribution in [-0.2, 0) is 4.79 Å². The van der Waals surface area contributed by atoms with Crippen molar-refractivity contribution in [2.24, 2.45) is 0 Å². The van der Waals surface area contributed by atoms with Crippen LogP contribution in [0.1, 0.15) is 26.2 Å². The van der Waals surface area contributed by atoms with Gasteiger partial charge in [0.25, 0.3) is 0 Å². The van der Waals surface area contributed by atoms with Crippen LogP contribution >= 0.6 is 21.6 Å². The Morgan fingerprint density at radius 2 is 2.09 bits per heavy atom. The van der Waals surface area contributed by atoms with Gasteiger partial charge in [0, 0.05) is 17.9 Å². The molecule has 11 heavy (non-hydrogen) atoms. The van der Waals surface area contributed by atoms with Gasteiger partial charge in [-0.3, -0.25) is 4.79 Å². The molecule has 0 aliphatic carbocycles. The lowest BCUT2D eigenvalue weighted by molar-refractivity contribution is -0.137. The zero-order valence-electron chi connectivity index (χ0n) is 6.71. The first-order valence-electron chi connectivity index (χ1n) is 3.73. The van der Waals surface area contributed by atoms with Gasteiger partial charge in [-0.25, -0.2) is 0 Å². The highest BCUT2D eigenvalue weighted by Crippen LogP contribution is 2.21. The minimum absolute atomic E-state index is 0.317. The first-order chi connectivity index (χ1) is 5.27. The molecule has 0 saturated heterocycles. The summed E-state index contributed by atoms with van der Waals surface area (Å²) in [6, 6.07) is 0. The Bertz CT molecular complexity index is 107. The SMILES string of the molecule is CCSSCCCCC(=O)O. The van der Waals surface area contributed by atoms with E-state index in [1.54, 1.807) is 0 Å². The maximum atomic E-state index is 10.1. The molecular formula is C7H14O2S2. The molecule has 2 nitrogen and oxygen atoms in total. The van der Waals surface area contributed by atoms with Crippen molar-refractivity contribution in [1.82, 2.24) is 0 Å². The van der Waals surface area contributed by atoms with Gasteiger partial charge in [-0.05, 0) is 12.8 Å². The lowest BCUT2D eigenvalue weighted by Gasteiger charge is -1.96. The van der Waals surface area contributed by atoms with Crippen molar-refractivity contribution in [2.75, 3.05) is 11.5 Å². The molecule has 66 valence electrons. The summed E-state index contributed by atoms with van der Waals surface area (Å²) in [5.41, 5.74) is 0. The molecule has 0 atom stereocenters. The van der Waals surface area contributed by atoms with Crippen molar-refractivity contribution in [3.63, 3.8) is 0 Å². The number of hydrogen-bond acceptors (Lipinski definition) is 3. The smallest absolute Gasteiger partial charge is 0.303 e. The zero-order chi connectivity index (χ0) is 8.53. The lowest BCUT2D eigenvalue weighted by Crippen LogP contribution is -1.93. The first-order valence-corrected chi connectivity index (χ1v) is 6.22. The lowest BCUT2D eigenvalue weighted by atomic mass is 10.3. The van der Waals surface area contributed by atoms with Crippen LogP contribution in [0.15, 0.2) is 0 Å². The number of hydrogen-bond donors (Lipinski definition) is 1. The van der Waals surface area contributed by atoms with E-state index in [0.29, 0.717) is 6.42 Å². The first kappa shape index (κ1) is 11.2. The molecule has 0 radical (unpaired) electrons. The summed E-state index contributed by atoms with van der Waals surface area (Å²) in [6.45, 7) is 2.12. The minimum Gasteiger partial charge on any atom is -0.481 e. The summed E-state index contributed by atoms with van der Waals surface area (Å²) < 4.78 is 0. The molecule has 0 rings (SSSR count). The molecule has 0 aliphatic heterocycles. The van der Waals surface area contributed by atoms with Gasteiger partial charge in [0.15, 0.2) is 0 Å². The molecule has 0 heterocycles. The van der Waals surface area contributed by atoms with Crippen molar-refractivity contribution >= 4 is 27.6 Å². The van der Waals surface area contributed by atoms with Crippen LogP contribution in [0.3, 0.4) is 0 Å². The van der Waals surface area contributed by atoms with Crippen LogP contribution < -0.4 is 0 Å². The average Bonchev–Trinajstić information content (AvgIpc) is 1.96. The fraction of sp³-hybridized carbons (Fsp3) is 0.857. The molecule has 4 heteroatoms. The third kappa shape index (κ3) is 10.2. The molecule has 0 aromatic rings. The van der Waals surface area contributed by atoms with Crippen molar-refractivity contribution in [3.8, 4) is 0 Å². The van der Waals surface area contributed by atoms with Gasteiger partial charge in [-0.2, -0.15) is 0 Å². The summed E-state index contributed by atoms with van der Waals surface area (Å²) in [7, 11) is 3.66. The Kier molecular flexibility index (Phi) is 8.40. The Balaban J connectivity index is 2.85. The quantitative estimate of drug-likeness (QED) is 0.499. The summed E-state index contributed by atoms with van der Waals surface area (Å²) in [6.07, 6.45) is 2.15. The second-order valence-corrected chi connectivity index (χ2v) is 4.95. The van der Waals surface area contributed by atoms with Crippen LogP contribution in [0.5, 0.6) is 0 Å². The Hall–Kier alpha value is 0.170. The van der Waals surface area contributed by atoms with E-state index in [9.17, 15) is 4.79 Å². The molecule has 0 bridgehead atoms. The molecule has 0 aliphatic rings. The third-order valence-corrected chi connectivity index (χ3v) is 3.63. The second-order valence-electron chi connectivity index (χ2n) is 2.08. The van der Waals surface area contributed by atoms with Crippen LogP contribution in [0.25, 0.3) is 0 Å². The van der Waals surface area contributed by atoms with Crippen molar-refractivity contribution < 1.29 is 9.90 Å². The molecule has 0 saturated carbocycles. The van der Waals surface area contributed by atoms with Gasteiger partial charge < -0.3 is 5.11 Å². The van der Waals surface area contributed by atoms with Crippen LogP contribution in [0.4, 0.5) is 0 Å². The predicted molar refractivity (Wildman–Crippen MR) is 52.1 cm³/mol. The maximum absolute atomic E-state index is 10.1. The van der Waals surface area contributed by atoms with Gasteiger partial charge in [0.2, 0.25) is 0 Å².